The number of benzene rings is 2. The molecule has 2 aromatic rings. The molecule has 0 spiro atoms. The third kappa shape index (κ3) is 6.72. The van der Waals surface area contributed by atoms with Gasteiger partial charge in [-0.2, -0.15) is 5.26 Å². The van der Waals surface area contributed by atoms with Crippen molar-refractivity contribution in [3.05, 3.63) is 59.7 Å². The number of nitriles is 1. The second-order valence-electron chi connectivity index (χ2n) is 8.16. The fourth-order valence-corrected chi connectivity index (χ4v) is 3.91. The van der Waals surface area contributed by atoms with Crippen molar-refractivity contribution in [2.75, 3.05) is 25.5 Å². The molecule has 34 heavy (non-hydrogen) atoms. The fraction of sp³-hybridized carbons (Fsp3) is 0.360. The number of rotatable bonds is 7. The average molecular weight is 464 g/mol. The van der Waals surface area contributed by atoms with E-state index >= 15 is 0 Å². The molecule has 3 N–H and O–H groups in total. The van der Waals surface area contributed by atoms with E-state index in [-0.39, 0.29) is 23.9 Å². The van der Waals surface area contributed by atoms with Crippen molar-refractivity contribution >= 4 is 23.5 Å². The lowest BCUT2D eigenvalue weighted by Crippen LogP contribution is -2.53. The lowest BCUT2D eigenvalue weighted by Gasteiger charge is -2.33. The highest BCUT2D eigenvalue weighted by atomic mass is 16.5. The molecule has 0 saturated carbocycles. The number of ether oxygens (including phenoxy) is 1. The maximum atomic E-state index is 13.0. The Kier molecular flexibility index (Phi) is 8.46. The van der Waals surface area contributed by atoms with Crippen molar-refractivity contribution in [3.8, 4) is 11.8 Å². The number of hydrogen-bond donors (Lipinski definition) is 3. The number of hydrogen-bond acceptors (Lipinski definition) is 5. The molecule has 2 aromatic carbocycles. The van der Waals surface area contributed by atoms with Gasteiger partial charge in [-0.3, -0.25) is 9.59 Å². The van der Waals surface area contributed by atoms with E-state index in [0.29, 0.717) is 49.4 Å². The first kappa shape index (κ1) is 24.6. The summed E-state index contributed by atoms with van der Waals surface area (Å²) in [5.74, 6) is 0.109. The summed E-state index contributed by atoms with van der Waals surface area (Å²) in [5.41, 5.74) is 1.97. The quantitative estimate of drug-likeness (QED) is 0.582. The van der Waals surface area contributed by atoms with E-state index in [9.17, 15) is 14.4 Å². The summed E-state index contributed by atoms with van der Waals surface area (Å²) in [6.07, 6.45) is 1.52. The van der Waals surface area contributed by atoms with Gasteiger partial charge < -0.3 is 25.6 Å². The normalized spacial score (nSPS) is 14.4. The smallest absolute Gasteiger partial charge is 0.321 e. The molecule has 1 unspecified atom stereocenters. The number of carbonyl (C=O) groups excluding carboxylic acids is 3. The second kappa shape index (κ2) is 11.7. The minimum atomic E-state index is -0.730. The molecule has 4 amide bonds. The van der Waals surface area contributed by atoms with Gasteiger partial charge >= 0.3 is 6.03 Å². The van der Waals surface area contributed by atoms with Crippen LogP contribution in [0.2, 0.25) is 0 Å². The highest BCUT2D eigenvalue weighted by Crippen LogP contribution is 2.20. The highest BCUT2D eigenvalue weighted by molar-refractivity contribution is 5.89. The monoisotopic (exact) mass is 463 g/mol. The number of urea groups is 1. The molecule has 1 aliphatic rings. The molecule has 0 aromatic heterocycles. The second-order valence-corrected chi connectivity index (χ2v) is 8.16. The van der Waals surface area contributed by atoms with Crippen molar-refractivity contribution in [3.63, 3.8) is 0 Å². The van der Waals surface area contributed by atoms with Gasteiger partial charge in [0.15, 0.2) is 0 Å². The molecule has 1 saturated heterocycles. The first-order chi connectivity index (χ1) is 16.4. The van der Waals surface area contributed by atoms with E-state index in [0.717, 1.165) is 5.56 Å². The van der Waals surface area contributed by atoms with Gasteiger partial charge in [0, 0.05) is 38.2 Å². The van der Waals surface area contributed by atoms with E-state index in [1.54, 1.807) is 36.3 Å². The maximum absolute atomic E-state index is 13.0. The van der Waals surface area contributed by atoms with Crippen LogP contribution in [-0.2, 0) is 16.0 Å². The first-order valence-corrected chi connectivity index (χ1v) is 11.1. The lowest BCUT2D eigenvalue weighted by molar-refractivity contribution is -0.128. The SMILES string of the molecule is COc1ccccc1CC(NC(C)=O)C(=O)NC1CCN(C(=O)Nc2ccc(C#N)cc2)CC1. The number of nitrogens with one attached hydrogen (secondary N) is 3. The standard InChI is InChI=1S/C25H29N5O4/c1-17(31)27-22(15-19-5-3-4-6-23(19)34-2)24(32)28-21-11-13-30(14-12-21)25(33)29-20-9-7-18(16-26)8-10-20/h3-10,21-22H,11-15H2,1-2H3,(H,27,31)(H,28,32)(H,29,33). The average Bonchev–Trinajstić information content (AvgIpc) is 2.84. The Bertz CT molecular complexity index is 1060. The Balaban J connectivity index is 1.53. The number of amides is 4. The van der Waals surface area contributed by atoms with Crippen LogP contribution in [0.25, 0.3) is 0 Å². The summed E-state index contributed by atoms with van der Waals surface area (Å²) < 4.78 is 5.37. The number of carbonyl (C=O) groups is 3. The van der Waals surface area contributed by atoms with Crippen LogP contribution in [0, 0.1) is 11.3 Å². The van der Waals surface area contributed by atoms with Crippen molar-refractivity contribution in [2.45, 2.75) is 38.3 Å². The maximum Gasteiger partial charge on any atom is 0.321 e. The van der Waals surface area contributed by atoms with Crippen LogP contribution in [0.3, 0.4) is 0 Å². The Labute approximate surface area is 199 Å². The fourth-order valence-electron chi connectivity index (χ4n) is 3.91. The topological polar surface area (TPSA) is 124 Å². The summed E-state index contributed by atoms with van der Waals surface area (Å²) in [6.45, 7) is 2.36. The van der Waals surface area contributed by atoms with Gasteiger partial charge in [-0.1, -0.05) is 18.2 Å². The zero-order chi connectivity index (χ0) is 24.5. The number of nitrogens with zero attached hydrogens (tertiary/aromatic N) is 2. The summed E-state index contributed by atoms with van der Waals surface area (Å²) in [6, 6.07) is 15.1. The number of piperidine rings is 1. The molecule has 9 nitrogen and oxygen atoms in total. The summed E-state index contributed by atoms with van der Waals surface area (Å²) in [7, 11) is 1.57. The molecule has 178 valence electrons. The molecule has 1 fully saturated rings. The van der Waals surface area contributed by atoms with Crippen LogP contribution in [0.15, 0.2) is 48.5 Å². The number of anilines is 1. The predicted molar refractivity (Wildman–Crippen MR) is 127 cm³/mol. The van der Waals surface area contributed by atoms with Crippen molar-refractivity contribution in [2.24, 2.45) is 0 Å². The van der Waals surface area contributed by atoms with E-state index in [1.165, 1.54) is 6.92 Å². The molecule has 1 heterocycles. The Morgan fingerprint density at radius 1 is 1.12 bits per heavy atom. The molecule has 1 atom stereocenters. The molecule has 1 aliphatic heterocycles. The third-order valence-electron chi connectivity index (χ3n) is 5.70. The Hall–Kier alpha value is -4.06. The first-order valence-electron chi connectivity index (χ1n) is 11.1. The van der Waals surface area contributed by atoms with Crippen molar-refractivity contribution < 1.29 is 19.1 Å². The summed E-state index contributed by atoms with van der Waals surface area (Å²) in [4.78, 5) is 38.9. The molecular formula is C25H29N5O4. The number of para-hydroxylation sites is 1. The summed E-state index contributed by atoms with van der Waals surface area (Å²) >= 11 is 0. The number of methoxy groups -OCH3 is 1. The lowest BCUT2D eigenvalue weighted by atomic mass is 10.0. The zero-order valence-electron chi connectivity index (χ0n) is 19.3. The molecule has 0 bridgehead atoms. The third-order valence-corrected chi connectivity index (χ3v) is 5.70. The molecule has 0 radical (unpaired) electrons. The molecule has 9 heteroatoms. The molecular weight excluding hydrogens is 434 g/mol. The molecule has 0 aliphatic carbocycles. The predicted octanol–water partition coefficient (Wildman–Crippen LogP) is 2.43. The Morgan fingerprint density at radius 3 is 2.41 bits per heavy atom. The van der Waals surface area contributed by atoms with Gasteiger partial charge in [-0.05, 0) is 48.7 Å². The van der Waals surface area contributed by atoms with Gasteiger partial charge in [-0.25, -0.2) is 4.79 Å². The minimum absolute atomic E-state index is 0.0969. The summed E-state index contributed by atoms with van der Waals surface area (Å²) in [5, 5.41) is 17.5. The largest absolute Gasteiger partial charge is 0.496 e. The van der Waals surface area contributed by atoms with E-state index < -0.39 is 6.04 Å². The van der Waals surface area contributed by atoms with Crippen LogP contribution in [-0.4, -0.2) is 55.0 Å². The van der Waals surface area contributed by atoms with Crippen molar-refractivity contribution in [1.29, 1.82) is 5.26 Å². The number of likely N-dealkylation sites (tertiary alicyclic amines) is 1. The van der Waals surface area contributed by atoms with E-state index in [1.807, 2.05) is 30.3 Å². The zero-order valence-corrected chi connectivity index (χ0v) is 19.3. The van der Waals surface area contributed by atoms with E-state index in [4.69, 9.17) is 10.00 Å². The van der Waals surface area contributed by atoms with Crippen LogP contribution in [0.4, 0.5) is 10.5 Å². The van der Waals surface area contributed by atoms with Crippen LogP contribution < -0.4 is 20.7 Å². The highest BCUT2D eigenvalue weighted by Gasteiger charge is 2.27. The van der Waals surface area contributed by atoms with Crippen LogP contribution in [0.5, 0.6) is 5.75 Å². The van der Waals surface area contributed by atoms with Gasteiger partial charge in [0.25, 0.3) is 0 Å². The van der Waals surface area contributed by atoms with Crippen molar-refractivity contribution in [1.82, 2.24) is 15.5 Å². The van der Waals surface area contributed by atoms with Crippen LogP contribution >= 0.6 is 0 Å². The van der Waals surface area contributed by atoms with Gasteiger partial charge in [0.1, 0.15) is 11.8 Å². The Morgan fingerprint density at radius 2 is 1.79 bits per heavy atom. The van der Waals surface area contributed by atoms with Crippen LogP contribution in [0.1, 0.15) is 30.9 Å². The van der Waals surface area contributed by atoms with E-state index in [2.05, 4.69) is 16.0 Å². The van der Waals surface area contributed by atoms with Gasteiger partial charge in [0.2, 0.25) is 11.8 Å². The molecule has 3 rings (SSSR count). The van der Waals surface area contributed by atoms with Gasteiger partial charge in [-0.15, -0.1) is 0 Å². The minimum Gasteiger partial charge on any atom is -0.496 e. The van der Waals surface area contributed by atoms with Gasteiger partial charge in [0.05, 0.1) is 18.7 Å².